The number of esters is 1. The number of aliphatic hydroxyl groups excluding tert-OH is 5. The summed E-state index contributed by atoms with van der Waals surface area (Å²) in [6, 6.07) is -1.05. The van der Waals surface area contributed by atoms with Crippen LogP contribution in [0.15, 0.2) is 48.6 Å². The Morgan fingerprint density at radius 1 is 0.619 bits per heavy atom. The molecule has 0 spiro atoms. The summed E-state index contributed by atoms with van der Waals surface area (Å²) in [6.45, 7) is 5.64. The number of allylic oxidation sites excluding steroid dienone is 6. The standard InChI is InChI=1S/C52H93NO10/c1-4-7-10-13-16-19-22-25-27-30-33-36-39-45(56)51(60)53-43(44(55)38-35-32-29-26-23-20-17-14-11-8-5-2)42-61-52-50(49(59)48(58)46(41-54)62-52)63-47(57)40-37-34-31-28-24-21-18-15-12-9-6-3/h15,18,25,27,33,35-36,38,43-46,48-50,52,54-56,58-59H,4-14,16-17,19-24,26,28-32,34,37,39-42H2,1-3H3,(H,53,60)/b18-15-,27-25-,36-33+,38-35+. The van der Waals surface area contributed by atoms with E-state index in [2.05, 4.69) is 50.4 Å². The lowest BCUT2D eigenvalue weighted by Crippen LogP contribution is -2.61. The van der Waals surface area contributed by atoms with Crippen molar-refractivity contribution in [2.24, 2.45) is 0 Å². The number of nitrogens with one attached hydrogen (secondary N) is 1. The number of carbonyl (C=O) groups is 2. The quantitative estimate of drug-likeness (QED) is 0.0197. The minimum atomic E-state index is -1.62. The molecule has 0 saturated carbocycles. The van der Waals surface area contributed by atoms with Gasteiger partial charge < -0.3 is 45.1 Å². The summed E-state index contributed by atoms with van der Waals surface area (Å²) < 4.78 is 17.4. The second-order valence-corrected chi connectivity index (χ2v) is 17.6. The van der Waals surface area contributed by atoms with Crippen molar-refractivity contribution in [2.45, 2.75) is 256 Å². The maximum Gasteiger partial charge on any atom is 0.306 e. The third-order valence-electron chi connectivity index (χ3n) is 11.7. The number of rotatable bonds is 41. The van der Waals surface area contributed by atoms with Crippen molar-refractivity contribution in [3.05, 3.63) is 48.6 Å². The summed E-state index contributed by atoms with van der Waals surface area (Å²) in [6.07, 6.45) is 36.2. The van der Waals surface area contributed by atoms with Crippen molar-refractivity contribution in [3.8, 4) is 0 Å². The molecule has 0 bridgehead atoms. The van der Waals surface area contributed by atoms with Crippen LogP contribution < -0.4 is 5.32 Å². The minimum absolute atomic E-state index is 0.0811. The van der Waals surface area contributed by atoms with E-state index in [0.717, 1.165) is 70.6 Å². The Labute approximate surface area is 383 Å². The fourth-order valence-corrected chi connectivity index (χ4v) is 7.56. The van der Waals surface area contributed by atoms with Gasteiger partial charge in [-0.05, 0) is 57.8 Å². The molecule has 0 aromatic heterocycles. The first-order valence-electron chi connectivity index (χ1n) is 25.4. The number of carbonyl (C=O) groups excluding carboxylic acids is 2. The zero-order chi connectivity index (χ0) is 46.2. The van der Waals surface area contributed by atoms with Crippen LogP contribution in [0.5, 0.6) is 0 Å². The summed E-state index contributed by atoms with van der Waals surface area (Å²) in [4.78, 5) is 26.2. The van der Waals surface area contributed by atoms with Crippen LogP contribution in [0.25, 0.3) is 0 Å². The lowest BCUT2D eigenvalue weighted by atomic mass is 9.99. The second-order valence-electron chi connectivity index (χ2n) is 17.6. The number of ether oxygens (including phenoxy) is 3. The molecular weight excluding hydrogens is 799 g/mol. The van der Waals surface area contributed by atoms with E-state index >= 15 is 0 Å². The van der Waals surface area contributed by atoms with Crippen LogP contribution in [0.4, 0.5) is 0 Å². The van der Waals surface area contributed by atoms with E-state index in [9.17, 15) is 35.1 Å². The Hall–Kier alpha value is -2.38. The minimum Gasteiger partial charge on any atom is -0.454 e. The van der Waals surface area contributed by atoms with Gasteiger partial charge in [-0.3, -0.25) is 9.59 Å². The van der Waals surface area contributed by atoms with Crippen molar-refractivity contribution in [2.75, 3.05) is 13.2 Å². The molecule has 8 unspecified atom stereocenters. The van der Waals surface area contributed by atoms with Gasteiger partial charge >= 0.3 is 5.97 Å². The van der Waals surface area contributed by atoms with Crippen molar-refractivity contribution < 1.29 is 49.3 Å². The predicted molar refractivity (Wildman–Crippen MR) is 255 cm³/mol. The number of amides is 1. The fourth-order valence-electron chi connectivity index (χ4n) is 7.56. The zero-order valence-corrected chi connectivity index (χ0v) is 39.9. The maximum atomic E-state index is 13.2. The molecule has 0 radical (unpaired) electrons. The Bertz CT molecular complexity index is 1210. The lowest BCUT2D eigenvalue weighted by Gasteiger charge is -2.41. The molecule has 0 aromatic rings. The summed E-state index contributed by atoms with van der Waals surface area (Å²) >= 11 is 0. The average Bonchev–Trinajstić information content (AvgIpc) is 3.28. The highest BCUT2D eigenvalue weighted by Crippen LogP contribution is 2.26. The first-order valence-corrected chi connectivity index (χ1v) is 25.4. The van der Waals surface area contributed by atoms with Crippen molar-refractivity contribution in [1.29, 1.82) is 0 Å². The number of hydrogen-bond acceptors (Lipinski definition) is 10. The molecule has 0 aromatic carbocycles. The SMILES string of the molecule is CCCC/C=C\CCCCCCCC(=O)OC1C(OCC(NC(=O)C(O)C/C=C/C/C=C\CCCCCCCC)C(O)/C=C/CCCCCCCCCCC)OC(CO)C(O)C1O. The van der Waals surface area contributed by atoms with Gasteiger partial charge in [-0.2, -0.15) is 0 Å². The number of aliphatic hydroxyl groups is 5. The first kappa shape index (κ1) is 58.6. The maximum absolute atomic E-state index is 13.2. The highest BCUT2D eigenvalue weighted by Gasteiger charge is 2.47. The van der Waals surface area contributed by atoms with Gasteiger partial charge in [-0.25, -0.2) is 0 Å². The van der Waals surface area contributed by atoms with Crippen LogP contribution in [0.3, 0.4) is 0 Å². The first-order chi connectivity index (χ1) is 30.7. The van der Waals surface area contributed by atoms with E-state index in [4.69, 9.17) is 14.2 Å². The van der Waals surface area contributed by atoms with Crippen molar-refractivity contribution >= 4 is 11.9 Å². The molecule has 11 nitrogen and oxygen atoms in total. The zero-order valence-electron chi connectivity index (χ0n) is 39.9. The normalized spacial score (nSPS) is 20.9. The van der Waals surface area contributed by atoms with Crippen molar-refractivity contribution in [3.63, 3.8) is 0 Å². The molecule has 1 aliphatic rings. The summed E-state index contributed by atoms with van der Waals surface area (Å²) in [5.74, 6) is -1.28. The largest absolute Gasteiger partial charge is 0.454 e. The lowest BCUT2D eigenvalue weighted by molar-refractivity contribution is -0.305. The molecule has 63 heavy (non-hydrogen) atoms. The van der Waals surface area contributed by atoms with Gasteiger partial charge in [0.15, 0.2) is 12.4 Å². The van der Waals surface area contributed by atoms with E-state index in [0.29, 0.717) is 12.8 Å². The number of hydrogen-bond donors (Lipinski definition) is 6. The Balaban J connectivity index is 2.85. The predicted octanol–water partition coefficient (Wildman–Crippen LogP) is 10.2. The van der Waals surface area contributed by atoms with E-state index in [1.807, 2.05) is 12.2 Å². The highest BCUT2D eigenvalue weighted by molar-refractivity contribution is 5.81. The monoisotopic (exact) mass is 892 g/mol. The van der Waals surface area contributed by atoms with E-state index in [-0.39, 0.29) is 19.4 Å². The molecule has 1 fully saturated rings. The third kappa shape index (κ3) is 30.5. The molecular formula is C52H93NO10. The summed E-state index contributed by atoms with van der Waals surface area (Å²) in [5, 5.41) is 56.3. The van der Waals surface area contributed by atoms with Gasteiger partial charge in [0.25, 0.3) is 0 Å². The van der Waals surface area contributed by atoms with Crippen LogP contribution >= 0.6 is 0 Å². The molecule has 1 saturated heterocycles. The van der Waals surface area contributed by atoms with Crippen LogP contribution in [-0.2, 0) is 23.8 Å². The van der Waals surface area contributed by atoms with Gasteiger partial charge in [0.2, 0.25) is 5.91 Å². The van der Waals surface area contributed by atoms with Crippen LogP contribution in [0.2, 0.25) is 0 Å². The summed E-state index contributed by atoms with van der Waals surface area (Å²) in [7, 11) is 0. The molecule has 1 rings (SSSR count). The van der Waals surface area contributed by atoms with Gasteiger partial charge in [-0.1, -0.05) is 185 Å². The second kappa shape index (κ2) is 41.1. The molecule has 6 N–H and O–H groups in total. The average molecular weight is 892 g/mol. The van der Waals surface area contributed by atoms with E-state index in [1.54, 1.807) is 12.2 Å². The van der Waals surface area contributed by atoms with Gasteiger partial charge in [0.05, 0.1) is 25.4 Å². The Kier molecular flexibility index (Phi) is 38.2. The van der Waals surface area contributed by atoms with Crippen LogP contribution in [-0.4, -0.2) is 99.6 Å². The topological polar surface area (TPSA) is 175 Å². The van der Waals surface area contributed by atoms with Gasteiger partial charge in [0.1, 0.15) is 24.4 Å². The molecule has 0 aliphatic carbocycles. The Morgan fingerprint density at radius 3 is 1.68 bits per heavy atom. The van der Waals surface area contributed by atoms with Crippen LogP contribution in [0.1, 0.15) is 207 Å². The third-order valence-corrected chi connectivity index (χ3v) is 11.7. The molecule has 1 heterocycles. The van der Waals surface area contributed by atoms with E-state index < -0.39 is 67.4 Å². The van der Waals surface area contributed by atoms with E-state index in [1.165, 1.54) is 89.9 Å². The summed E-state index contributed by atoms with van der Waals surface area (Å²) in [5.41, 5.74) is 0. The van der Waals surface area contributed by atoms with Crippen LogP contribution in [0, 0.1) is 0 Å². The van der Waals surface area contributed by atoms with Gasteiger partial charge in [-0.15, -0.1) is 0 Å². The highest BCUT2D eigenvalue weighted by atomic mass is 16.7. The van der Waals surface area contributed by atoms with Gasteiger partial charge in [0, 0.05) is 12.8 Å². The Morgan fingerprint density at radius 2 is 1.11 bits per heavy atom. The fraction of sp³-hybridized carbons (Fsp3) is 0.808. The molecule has 11 heteroatoms. The molecule has 1 aliphatic heterocycles. The number of unbranched alkanes of at least 4 members (excludes halogenated alkanes) is 22. The molecule has 1 amide bonds. The molecule has 8 atom stereocenters. The molecule has 366 valence electrons. The van der Waals surface area contributed by atoms with Crippen molar-refractivity contribution in [1.82, 2.24) is 5.32 Å². The smallest absolute Gasteiger partial charge is 0.306 e.